The average Bonchev–Trinajstić information content (AvgIpc) is 3.08. The van der Waals surface area contributed by atoms with Crippen molar-refractivity contribution in [2.75, 3.05) is 0 Å². The number of carbonyl (C=O) groups is 5. The van der Waals surface area contributed by atoms with Crippen molar-refractivity contribution in [1.82, 2.24) is 0 Å². The molecule has 5 rings (SSSR count). The number of aliphatic hydroxyl groups is 3. The van der Waals surface area contributed by atoms with Gasteiger partial charge in [-0.3, -0.25) is 14.4 Å². The number of rotatable bonds is 7. The van der Waals surface area contributed by atoms with Gasteiger partial charge in [-0.1, -0.05) is 63.2 Å². The van der Waals surface area contributed by atoms with Crippen LogP contribution in [0.5, 0.6) is 0 Å². The molecular formula is C38H44O12. The van der Waals surface area contributed by atoms with Gasteiger partial charge in [-0.25, -0.2) is 9.59 Å². The van der Waals surface area contributed by atoms with Gasteiger partial charge in [-0.15, -0.1) is 6.58 Å². The van der Waals surface area contributed by atoms with Crippen molar-refractivity contribution < 1.29 is 58.2 Å². The Bertz CT molecular complexity index is 1670. The van der Waals surface area contributed by atoms with Crippen molar-refractivity contribution in [3.63, 3.8) is 0 Å². The van der Waals surface area contributed by atoms with Gasteiger partial charge in [-0.05, 0) is 48.9 Å². The monoisotopic (exact) mass is 692 g/mol. The molecule has 2 aromatic carbocycles. The van der Waals surface area contributed by atoms with E-state index in [9.17, 15) is 39.3 Å². The highest BCUT2D eigenvalue weighted by Gasteiger charge is 2.80. The van der Waals surface area contributed by atoms with Crippen LogP contribution in [0.3, 0.4) is 0 Å². The first-order valence-electron chi connectivity index (χ1n) is 16.5. The minimum absolute atomic E-state index is 0.0961. The first-order valence-corrected chi connectivity index (χ1v) is 16.5. The second kappa shape index (κ2) is 13.1. The molecule has 0 spiro atoms. The third-order valence-corrected chi connectivity index (χ3v) is 11.4. The van der Waals surface area contributed by atoms with Crippen LogP contribution in [0.15, 0.2) is 73.3 Å². The van der Waals surface area contributed by atoms with Crippen LogP contribution in [0.2, 0.25) is 0 Å². The minimum atomic E-state index is -2.70. The van der Waals surface area contributed by atoms with E-state index in [0.717, 1.165) is 19.9 Å². The Balaban J connectivity index is 1.82. The van der Waals surface area contributed by atoms with Gasteiger partial charge in [0.25, 0.3) is 0 Å². The SMILES string of the molecule is C=C[C@]1(C)C(=O)[C@]2(O)[C@@H](OC(C)=O)C[C@H]3C(C)(C)[C@H](O)[C@H](OC(C)=O)[C@H](OC(=O)c4ccccc4)[C@]3(C)[C@H]2[C@H](OC(=O)c2ccccc2)[C@@H]1O. The molecular weight excluding hydrogens is 648 g/mol. The summed E-state index contributed by atoms with van der Waals surface area (Å²) in [5, 5.41) is 37.0. The summed E-state index contributed by atoms with van der Waals surface area (Å²) >= 11 is 0. The summed E-state index contributed by atoms with van der Waals surface area (Å²) in [7, 11) is 0. The second-order valence-corrected chi connectivity index (χ2v) is 14.6. The van der Waals surface area contributed by atoms with Crippen LogP contribution in [0, 0.1) is 28.1 Å². The van der Waals surface area contributed by atoms with E-state index in [1.54, 1.807) is 57.2 Å². The minimum Gasteiger partial charge on any atom is -0.459 e. The quantitative estimate of drug-likeness (QED) is 0.219. The van der Waals surface area contributed by atoms with Crippen LogP contribution in [-0.4, -0.2) is 87.2 Å². The Morgan fingerprint density at radius 3 is 1.74 bits per heavy atom. The van der Waals surface area contributed by atoms with Crippen molar-refractivity contribution in [2.45, 2.75) is 90.2 Å². The molecule has 0 unspecified atom stereocenters. The van der Waals surface area contributed by atoms with E-state index in [1.807, 2.05) is 0 Å². The number of ether oxygens (including phenoxy) is 4. The van der Waals surface area contributed by atoms with Crippen LogP contribution >= 0.6 is 0 Å². The molecule has 0 radical (unpaired) electrons. The molecule has 2 aromatic rings. The summed E-state index contributed by atoms with van der Waals surface area (Å²) < 4.78 is 23.7. The van der Waals surface area contributed by atoms with Gasteiger partial charge < -0.3 is 34.3 Å². The third kappa shape index (κ3) is 5.63. The lowest BCUT2D eigenvalue weighted by molar-refractivity contribution is -0.321. The summed E-state index contributed by atoms with van der Waals surface area (Å²) in [6.45, 7) is 12.2. The first-order chi connectivity index (χ1) is 23.4. The maximum absolute atomic E-state index is 14.7. The van der Waals surface area contributed by atoms with E-state index in [2.05, 4.69) is 6.58 Å². The Hall–Kier alpha value is -4.39. The zero-order valence-corrected chi connectivity index (χ0v) is 28.9. The molecule has 0 bridgehead atoms. The number of ketones is 1. The molecule has 0 heterocycles. The highest BCUT2D eigenvalue weighted by atomic mass is 16.6. The molecule has 3 N–H and O–H groups in total. The van der Waals surface area contributed by atoms with E-state index in [0.29, 0.717) is 0 Å². The Morgan fingerprint density at radius 2 is 1.26 bits per heavy atom. The number of esters is 4. The van der Waals surface area contributed by atoms with Crippen molar-refractivity contribution in [3.05, 3.63) is 84.4 Å². The number of Topliss-reactive ketones (excluding diaryl/α,β-unsaturated/α-hetero) is 1. The van der Waals surface area contributed by atoms with E-state index in [-0.39, 0.29) is 17.5 Å². The lowest BCUT2D eigenvalue weighted by Crippen LogP contribution is -2.82. The van der Waals surface area contributed by atoms with E-state index >= 15 is 0 Å². The number of carbonyl (C=O) groups excluding carboxylic acids is 5. The van der Waals surface area contributed by atoms with Gasteiger partial charge in [0.2, 0.25) is 0 Å². The molecule has 12 nitrogen and oxygen atoms in total. The number of aliphatic hydroxyl groups excluding tert-OH is 2. The van der Waals surface area contributed by atoms with Crippen LogP contribution in [0.25, 0.3) is 0 Å². The van der Waals surface area contributed by atoms with Crippen LogP contribution in [-0.2, 0) is 33.3 Å². The molecule has 12 heteroatoms. The van der Waals surface area contributed by atoms with E-state index in [4.69, 9.17) is 18.9 Å². The molecule has 0 saturated heterocycles. The normalized spacial score (nSPS) is 37.3. The van der Waals surface area contributed by atoms with Gasteiger partial charge in [0, 0.05) is 25.2 Å². The fraction of sp³-hybridized carbons (Fsp3) is 0.500. The Morgan fingerprint density at radius 1 is 0.760 bits per heavy atom. The largest absolute Gasteiger partial charge is 0.459 e. The van der Waals surface area contributed by atoms with Gasteiger partial charge in [0.15, 0.2) is 17.5 Å². The zero-order chi connectivity index (χ0) is 37.0. The average molecular weight is 693 g/mol. The maximum atomic E-state index is 14.7. The number of fused-ring (bicyclic) bond motifs is 3. The molecule has 0 aliphatic heterocycles. The van der Waals surface area contributed by atoms with Crippen LogP contribution < -0.4 is 0 Å². The molecule has 3 saturated carbocycles. The maximum Gasteiger partial charge on any atom is 0.338 e. The fourth-order valence-electron chi connectivity index (χ4n) is 8.87. The fourth-order valence-corrected chi connectivity index (χ4v) is 8.87. The molecule has 3 fully saturated rings. The number of benzene rings is 2. The number of hydrogen-bond donors (Lipinski definition) is 3. The topological polar surface area (TPSA) is 183 Å². The van der Waals surface area contributed by atoms with Crippen molar-refractivity contribution >= 4 is 29.7 Å². The second-order valence-electron chi connectivity index (χ2n) is 14.6. The predicted molar refractivity (Wildman–Crippen MR) is 176 cm³/mol. The standard InChI is InChI=1S/C38H44O12/c1-8-36(6)30(42)26(49-32(43)22-15-11-9-12-16-22)28-37(7)24(19-25(47-20(2)39)38(28,46)34(36)45)35(4,5)29(41)27(48-21(3)40)31(37)50-33(44)23-17-13-10-14-18-23/h8-18,24-31,41-42,46H,1,19H2,2-7H3/t24-,25-,26-,27-,28+,29+,30-,31-,36-,37-,38-/m0/s1. The summed E-state index contributed by atoms with van der Waals surface area (Å²) in [6.07, 6.45) is -8.90. The van der Waals surface area contributed by atoms with E-state index in [1.165, 1.54) is 31.2 Å². The van der Waals surface area contributed by atoms with Crippen LogP contribution in [0.4, 0.5) is 0 Å². The highest BCUT2D eigenvalue weighted by molar-refractivity contribution is 5.97. The lowest BCUT2D eigenvalue weighted by atomic mass is 9.38. The zero-order valence-electron chi connectivity index (χ0n) is 28.9. The molecule has 268 valence electrons. The number of hydrogen-bond acceptors (Lipinski definition) is 12. The lowest BCUT2D eigenvalue weighted by Gasteiger charge is -2.69. The third-order valence-electron chi connectivity index (χ3n) is 11.4. The molecule has 50 heavy (non-hydrogen) atoms. The first kappa shape index (κ1) is 36.9. The molecule has 11 atom stereocenters. The summed E-state index contributed by atoms with van der Waals surface area (Å²) in [5.41, 5.74) is -7.42. The van der Waals surface area contributed by atoms with Gasteiger partial charge in [-0.2, -0.15) is 0 Å². The van der Waals surface area contributed by atoms with Gasteiger partial charge in [0.05, 0.1) is 16.5 Å². The predicted octanol–water partition coefficient (Wildman–Crippen LogP) is 3.21. The van der Waals surface area contributed by atoms with Crippen LogP contribution in [0.1, 0.15) is 68.7 Å². The Labute approximate surface area is 290 Å². The van der Waals surface area contributed by atoms with Gasteiger partial charge in [0.1, 0.15) is 30.5 Å². The van der Waals surface area contributed by atoms with E-state index < -0.39 is 100.0 Å². The van der Waals surface area contributed by atoms with Crippen molar-refractivity contribution in [1.29, 1.82) is 0 Å². The van der Waals surface area contributed by atoms with Gasteiger partial charge >= 0.3 is 23.9 Å². The summed E-state index contributed by atoms with van der Waals surface area (Å²) in [5.74, 6) is -6.98. The molecule has 0 aromatic heterocycles. The van der Waals surface area contributed by atoms with Crippen molar-refractivity contribution in [2.24, 2.45) is 28.1 Å². The smallest absolute Gasteiger partial charge is 0.338 e. The molecule has 3 aliphatic rings. The molecule has 0 amide bonds. The summed E-state index contributed by atoms with van der Waals surface area (Å²) in [6, 6.07) is 15.7. The summed E-state index contributed by atoms with van der Waals surface area (Å²) in [4.78, 5) is 67.5. The highest BCUT2D eigenvalue weighted by Crippen LogP contribution is 2.67. The van der Waals surface area contributed by atoms with Crippen molar-refractivity contribution in [3.8, 4) is 0 Å². The molecule has 3 aliphatic carbocycles. The Kier molecular flexibility index (Phi) is 9.63.